The molecule has 6 heteroatoms. The highest BCUT2D eigenvalue weighted by atomic mass is 32.1. The lowest BCUT2D eigenvalue weighted by molar-refractivity contribution is -0.176. The van der Waals surface area contributed by atoms with E-state index in [1.54, 1.807) is 30.3 Å². The molecule has 2 aromatic rings. The van der Waals surface area contributed by atoms with Gasteiger partial charge >= 0.3 is 6.18 Å². The third-order valence-electron chi connectivity index (χ3n) is 3.63. The number of thiazole rings is 1. The zero-order valence-corrected chi connectivity index (χ0v) is 11.8. The summed E-state index contributed by atoms with van der Waals surface area (Å²) in [5, 5.41) is 0.286. The SMILES string of the molecule is O=C(c1ccccc1)c1nc2c(s1)CC(C(F)(F)F)CC2. The van der Waals surface area contributed by atoms with E-state index in [1.165, 1.54) is 0 Å². The van der Waals surface area contributed by atoms with Crippen LogP contribution in [0.15, 0.2) is 30.3 Å². The van der Waals surface area contributed by atoms with Crippen molar-refractivity contribution in [3.05, 3.63) is 51.5 Å². The molecule has 0 aliphatic heterocycles. The molecule has 1 aliphatic rings. The van der Waals surface area contributed by atoms with Crippen LogP contribution in [0, 0.1) is 5.92 Å². The molecule has 1 atom stereocenters. The predicted molar refractivity (Wildman–Crippen MR) is 73.6 cm³/mol. The van der Waals surface area contributed by atoms with Crippen LogP contribution >= 0.6 is 11.3 Å². The molecule has 21 heavy (non-hydrogen) atoms. The molecular formula is C15H12F3NOS. The minimum Gasteiger partial charge on any atom is -0.286 e. The van der Waals surface area contributed by atoms with Crippen LogP contribution in [0.4, 0.5) is 13.2 Å². The molecule has 1 heterocycles. The number of benzene rings is 1. The molecule has 3 rings (SSSR count). The Morgan fingerprint density at radius 1 is 1.24 bits per heavy atom. The number of fused-ring (bicyclic) bond motifs is 1. The molecule has 0 fully saturated rings. The monoisotopic (exact) mass is 311 g/mol. The zero-order valence-electron chi connectivity index (χ0n) is 11.0. The molecule has 0 bridgehead atoms. The molecular weight excluding hydrogens is 299 g/mol. The molecule has 0 amide bonds. The number of nitrogens with zero attached hydrogens (tertiary/aromatic N) is 1. The average Bonchev–Trinajstić information content (AvgIpc) is 2.89. The summed E-state index contributed by atoms with van der Waals surface area (Å²) in [5.74, 6) is -1.54. The first-order chi connectivity index (χ1) is 9.95. The Hall–Kier alpha value is -1.69. The lowest BCUT2D eigenvalue weighted by atomic mass is 9.91. The van der Waals surface area contributed by atoms with Gasteiger partial charge in [0.25, 0.3) is 0 Å². The first kappa shape index (κ1) is 14.3. The average molecular weight is 311 g/mol. The summed E-state index contributed by atoms with van der Waals surface area (Å²) in [6.45, 7) is 0. The van der Waals surface area contributed by atoms with Crippen molar-refractivity contribution in [1.29, 1.82) is 0 Å². The van der Waals surface area contributed by atoms with Gasteiger partial charge in [0.05, 0.1) is 11.6 Å². The normalized spacial score (nSPS) is 18.3. The highest BCUT2D eigenvalue weighted by Gasteiger charge is 2.42. The molecule has 1 aromatic heterocycles. The molecule has 1 unspecified atom stereocenters. The van der Waals surface area contributed by atoms with E-state index < -0.39 is 12.1 Å². The molecule has 0 saturated carbocycles. The lowest BCUT2D eigenvalue weighted by Gasteiger charge is -2.23. The summed E-state index contributed by atoms with van der Waals surface area (Å²) >= 11 is 1.10. The minimum absolute atomic E-state index is 0.0548. The van der Waals surface area contributed by atoms with Gasteiger partial charge in [0.1, 0.15) is 0 Å². The number of hydrogen-bond acceptors (Lipinski definition) is 3. The fourth-order valence-electron chi connectivity index (χ4n) is 2.46. The van der Waals surface area contributed by atoms with Gasteiger partial charge in [0, 0.05) is 10.4 Å². The molecule has 0 spiro atoms. The molecule has 0 N–H and O–H groups in total. The van der Waals surface area contributed by atoms with Crippen LogP contribution in [0.25, 0.3) is 0 Å². The fourth-order valence-corrected chi connectivity index (χ4v) is 3.61. The highest BCUT2D eigenvalue weighted by molar-refractivity contribution is 7.14. The smallest absolute Gasteiger partial charge is 0.286 e. The van der Waals surface area contributed by atoms with E-state index in [0.29, 0.717) is 16.1 Å². The van der Waals surface area contributed by atoms with Crippen molar-refractivity contribution in [2.45, 2.75) is 25.4 Å². The second-order valence-corrected chi connectivity index (χ2v) is 6.15. The Morgan fingerprint density at radius 2 is 1.95 bits per heavy atom. The minimum atomic E-state index is -4.18. The van der Waals surface area contributed by atoms with Gasteiger partial charge in [-0.05, 0) is 19.3 Å². The first-order valence-corrected chi connectivity index (χ1v) is 7.42. The second kappa shape index (κ2) is 5.26. The Balaban J connectivity index is 1.86. The van der Waals surface area contributed by atoms with E-state index in [4.69, 9.17) is 0 Å². The number of carbonyl (C=O) groups is 1. The predicted octanol–water partition coefficient (Wildman–Crippen LogP) is 4.04. The largest absolute Gasteiger partial charge is 0.392 e. The molecule has 1 aliphatic carbocycles. The van der Waals surface area contributed by atoms with Crippen LogP contribution in [-0.4, -0.2) is 16.9 Å². The van der Waals surface area contributed by atoms with E-state index in [2.05, 4.69) is 4.98 Å². The molecule has 0 radical (unpaired) electrons. The number of alkyl halides is 3. The lowest BCUT2D eigenvalue weighted by Crippen LogP contribution is -2.28. The molecule has 1 aromatic carbocycles. The summed E-state index contributed by atoms with van der Waals surface area (Å²) in [4.78, 5) is 17.1. The van der Waals surface area contributed by atoms with Gasteiger partial charge in [-0.2, -0.15) is 13.2 Å². The summed E-state index contributed by atoms with van der Waals surface area (Å²) in [6.07, 6.45) is -3.89. The van der Waals surface area contributed by atoms with E-state index in [-0.39, 0.29) is 30.1 Å². The Kier molecular flexibility index (Phi) is 3.57. The van der Waals surface area contributed by atoms with Crippen molar-refractivity contribution < 1.29 is 18.0 Å². The van der Waals surface area contributed by atoms with Gasteiger partial charge in [0.15, 0.2) is 5.01 Å². The van der Waals surface area contributed by atoms with Gasteiger partial charge in [-0.15, -0.1) is 11.3 Å². The van der Waals surface area contributed by atoms with Crippen molar-refractivity contribution >= 4 is 17.1 Å². The molecule has 0 saturated heterocycles. The fraction of sp³-hybridized carbons (Fsp3) is 0.333. The maximum atomic E-state index is 12.8. The van der Waals surface area contributed by atoms with Gasteiger partial charge in [-0.25, -0.2) is 4.98 Å². The summed E-state index contributed by atoms with van der Waals surface area (Å²) < 4.78 is 38.3. The highest BCUT2D eigenvalue weighted by Crippen LogP contribution is 2.39. The number of halogens is 3. The van der Waals surface area contributed by atoms with E-state index in [9.17, 15) is 18.0 Å². The maximum absolute atomic E-state index is 12.8. The zero-order chi connectivity index (χ0) is 15.0. The van der Waals surface area contributed by atoms with Crippen LogP contribution < -0.4 is 0 Å². The molecule has 2 nitrogen and oxygen atoms in total. The van der Waals surface area contributed by atoms with Gasteiger partial charge < -0.3 is 0 Å². The Morgan fingerprint density at radius 3 is 2.62 bits per heavy atom. The topological polar surface area (TPSA) is 30.0 Å². The third kappa shape index (κ3) is 2.85. The van der Waals surface area contributed by atoms with E-state index in [0.717, 1.165) is 11.3 Å². The van der Waals surface area contributed by atoms with Crippen LogP contribution in [0.2, 0.25) is 0 Å². The van der Waals surface area contributed by atoms with Gasteiger partial charge in [0.2, 0.25) is 5.78 Å². The number of rotatable bonds is 2. The number of hydrogen-bond donors (Lipinski definition) is 0. The van der Waals surface area contributed by atoms with Crippen molar-refractivity contribution in [3.63, 3.8) is 0 Å². The summed E-state index contributed by atoms with van der Waals surface area (Å²) in [7, 11) is 0. The maximum Gasteiger partial charge on any atom is 0.392 e. The number of aromatic nitrogens is 1. The van der Waals surface area contributed by atoms with Gasteiger partial charge in [-0.1, -0.05) is 30.3 Å². The van der Waals surface area contributed by atoms with E-state index in [1.807, 2.05) is 0 Å². The van der Waals surface area contributed by atoms with E-state index >= 15 is 0 Å². The van der Waals surface area contributed by atoms with Crippen molar-refractivity contribution in [2.75, 3.05) is 0 Å². The number of carbonyl (C=O) groups excluding carboxylic acids is 1. The quantitative estimate of drug-likeness (QED) is 0.783. The third-order valence-corrected chi connectivity index (χ3v) is 4.75. The second-order valence-electron chi connectivity index (χ2n) is 5.07. The van der Waals surface area contributed by atoms with Crippen LogP contribution in [0.1, 0.15) is 32.4 Å². The standard InChI is InChI=1S/C15H12F3NOS/c16-15(17,18)10-6-7-11-12(8-10)21-14(19-11)13(20)9-4-2-1-3-5-9/h1-5,10H,6-8H2. The summed E-state index contributed by atoms with van der Waals surface area (Å²) in [5.41, 5.74) is 1.16. The number of aryl methyl sites for hydroxylation is 1. The molecule has 110 valence electrons. The summed E-state index contributed by atoms with van der Waals surface area (Å²) in [6, 6.07) is 8.67. The van der Waals surface area contributed by atoms with Crippen molar-refractivity contribution in [1.82, 2.24) is 4.98 Å². The first-order valence-electron chi connectivity index (χ1n) is 6.60. The number of ketones is 1. The Labute approximate surface area is 123 Å². The van der Waals surface area contributed by atoms with Gasteiger partial charge in [-0.3, -0.25) is 4.79 Å². The van der Waals surface area contributed by atoms with Crippen molar-refractivity contribution in [2.24, 2.45) is 5.92 Å². The van der Waals surface area contributed by atoms with Crippen molar-refractivity contribution in [3.8, 4) is 0 Å². The van der Waals surface area contributed by atoms with Crippen LogP contribution in [-0.2, 0) is 12.8 Å². The van der Waals surface area contributed by atoms with Crippen LogP contribution in [0.3, 0.4) is 0 Å². The Bertz CT molecular complexity index is 663. The van der Waals surface area contributed by atoms with Crippen LogP contribution in [0.5, 0.6) is 0 Å².